The Morgan fingerprint density at radius 2 is 2.15 bits per heavy atom. The normalized spacial score (nSPS) is 16.7. The highest BCUT2D eigenvalue weighted by Crippen LogP contribution is 2.36. The van der Waals surface area contributed by atoms with Gasteiger partial charge in [-0.1, -0.05) is 19.4 Å². The van der Waals surface area contributed by atoms with Crippen LogP contribution in [0.4, 0.5) is 0 Å². The van der Waals surface area contributed by atoms with Crippen molar-refractivity contribution < 1.29 is 9.84 Å². The molecule has 1 aliphatic rings. The van der Waals surface area contributed by atoms with E-state index in [0.717, 1.165) is 35.7 Å². The second kappa shape index (κ2) is 6.78. The van der Waals surface area contributed by atoms with E-state index in [2.05, 4.69) is 28.1 Å². The topological polar surface area (TPSA) is 70.8 Å². The minimum atomic E-state index is 0.0296. The summed E-state index contributed by atoms with van der Waals surface area (Å²) < 4.78 is 5.92. The van der Waals surface area contributed by atoms with Gasteiger partial charge in [0.2, 0.25) is 11.8 Å². The van der Waals surface area contributed by atoms with Gasteiger partial charge in [0.15, 0.2) is 0 Å². The zero-order chi connectivity index (χ0) is 18.1. The van der Waals surface area contributed by atoms with Crippen molar-refractivity contribution in [1.29, 1.82) is 0 Å². The third-order valence-electron chi connectivity index (χ3n) is 4.74. The molecule has 1 aliphatic heterocycles. The van der Waals surface area contributed by atoms with E-state index in [1.807, 2.05) is 30.4 Å². The molecule has 134 valence electrons. The third kappa shape index (κ3) is 2.92. The Morgan fingerprint density at radius 1 is 1.27 bits per heavy atom. The molecule has 4 rings (SSSR count). The second-order valence-electron chi connectivity index (χ2n) is 6.66. The highest BCUT2D eigenvalue weighted by atomic mass is 16.5. The minimum absolute atomic E-state index is 0.0296. The molecule has 1 N–H and O–H groups in total. The van der Waals surface area contributed by atoms with Crippen molar-refractivity contribution in [2.45, 2.75) is 25.7 Å². The molecule has 2 aromatic heterocycles. The van der Waals surface area contributed by atoms with E-state index < -0.39 is 0 Å². The fourth-order valence-electron chi connectivity index (χ4n) is 3.34. The number of ether oxygens (including phenoxy) is 1. The number of aromatic nitrogens is 2. The number of aromatic hydroxyl groups is 1. The van der Waals surface area contributed by atoms with Gasteiger partial charge in [-0.3, -0.25) is 5.01 Å². The summed E-state index contributed by atoms with van der Waals surface area (Å²) in [7, 11) is 1.96. The number of fused-ring (bicyclic) bond motifs is 3. The Bertz CT molecular complexity index is 986. The molecule has 3 aromatic rings. The van der Waals surface area contributed by atoms with Crippen molar-refractivity contribution >= 4 is 27.9 Å². The molecule has 0 aliphatic carbocycles. The SMILES string of the molecule is CCCCOc1nccc2nc(O)c3ccc(C4C=NN(C)C4)cc3c12. The molecule has 3 heterocycles. The van der Waals surface area contributed by atoms with Gasteiger partial charge in [0.25, 0.3) is 0 Å². The van der Waals surface area contributed by atoms with E-state index in [4.69, 9.17) is 4.74 Å². The molecule has 6 heteroatoms. The zero-order valence-electron chi connectivity index (χ0n) is 15.0. The molecular formula is C20H22N4O2. The van der Waals surface area contributed by atoms with Gasteiger partial charge in [-0.25, -0.2) is 9.97 Å². The van der Waals surface area contributed by atoms with Crippen LogP contribution in [-0.4, -0.2) is 46.5 Å². The summed E-state index contributed by atoms with van der Waals surface area (Å²) in [6, 6.07) is 7.85. The predicted molar refractivity (Wildman–Crippen MR) is 103 cm³/mol. The average Bonchev–Trinajstić information content (AvgIpc) is 3.08. The molecule has 0 fully saturated rings. The summed E-state index contributed by atoms with van der Waals surface area (Å²) in [6.07, 6.45) is 5.66. The lowest BCUT2D eigenvalue weighted by Crippen LogP contribution is -2.11. The first kappa shape index (κ1) is 16.6. The Balaban J connectivity index is 1.88. The maximum Gasteiger partial charge on any atom is 0.223 e. The summed E-state index contributed by atoms with van der Waals surface area (Å²) in [4.78, 5) is 8.75. The summed E-state index contributed by atoms with van der Waals surface area (Å²) in [6.45, 7) is 3.59. The van der Waals surface area contributed by atoms with Gasteiger partial charge in [-0.2, -0.15) is 5.10 Å². The lowest BCUT2D eigenvalue weighted by molar-refractivity contribution is 0.302. The van der Waals surface area contributed by atoms with Crippen LogP contribution in [-0.2, 0) is 0 Å². The van der Waals surface area contributed by atoms with E-state index in [9.17, 15) is 5.11 Å². The quantitative estimate of drug-likeness (QED) is 0.561. The largest absolute Gasteiger partial charge is 0.493 e. The molecule has 6 nitrogen and oxygen atoms in total. The van der Waals surface area contributed by atoms with Crippen molar-refractivity contribution in [2.24, 2.45) is 5.10 Å². The van der Waals surface area contributed by atoms with Crippen molar-refractivity contribution in [3.05, 3.63) is 36.0 Å². The van der Waals surface area contributed by atoms with Gasteiger partial charge >= 0.3 is 0 Å². The number of hydrogen-bond acceptors (Lipinski definition) is 6. The van der Waals surface area contributed by atoms with Crippen molar-refractivity contribution in [2.75, 3.05) is 20.2 Å². The van der Waals surface area contributed by atoms with Gasteiger partial charge in [0.1, 0.15) is 0 Å². The number of nitrogens with zero attached hydrogens (tertiary/aromatic N) is 4. The summed E-state index contributed by atoms with van der Waals surface area (Å²) in [5.41, 5.74) is 1.84. The van der Waals surface area contributed by atoms with E-state index in [1.54, 1.807) is 12.3 Å². The molecule has 1 unspecified atom stereocenters. The second-order valence-corrected chi connectivity index (χ2v) is 6.66. The number of benzene rings is 1. The fourth-order valence-corrected chi connectivity index (χ4v) is 3.34. The first-order valence-electron chi connectivity index (χ1n) is 8.96. The van der Waals surface area contributed by atoms with Gasteiger partial charge in [0.05, 0.1) is 17.5 Å². The van der Waals surface area contributed by atoms with Crippen molar-refractivity contribution in [3.8, 4) is 11.8 Å². The summed E-state index contributed by atoms with van der Waals surface area (Å²) in [5.74, 6) is 0.834. The minimum Gasteiger partial charge on any atom is -0.493 e. The Morgan fingerprint density at radius 3 is 2.92 bits per heavy atom. The Hall–Kier alpha value is -2.89. The summed E-state index contributed by atoms with van der Waals surface area (Å²) >= 11 is 0. The predicted octanol–water partition coefficient (Wildman–Crippen LogP) is 3.68. The van der Waals surface area contributed by atoms with Crippen LogP contribution in [0.2, 0.25) is 0 Å². The molecule has 0 amide bonds. The maximum absolute atomic E-state index is 10.4. The molecule has 0 radical (unpaired) electrons. The lowest BCUT2D eigenvalue weighted by Gasteiger charge is -2.14. The number of hydrazone groups is 1. The van der Waals surface area contributed by atoms with Gasteiger partial charge < -0.3 is 9.84 Å². The Labute approximate surface area is 152 Å². The molecule has 0 saturated carbocycles. The lowest BCUT2D eigenvalue weighted by atomic mass is 9.96. The van der Waals surface area contributed by atoms with E-state index in [0.29, 0.717) is 23.4 Å². The molecule has 0 bridgehead atoms. The highest BCUT2D eigenvalue weighted by Gasteiger charge is 2.19. The van der Waals surface area contributed by atoms with Crippen LogP contribution >= 0.6 is 0 Å². The van der Waals surface area contributed by atoms with Crippen LogP contribution in [0.3, 0.4) is 0 Å². The molecule has 1 aromatic carbocycles. The number of rotatable bonds is 5. The summed E-state index contributed by atoms with van der Waals surface area (Å²) in [5, 5.41) is 19.1. The number of likely N-dealkylation sites (N-methyl/N-ethyl adjacent to an activating group) is 1. The van der Waals surface area contributed by atoms with Crippen LogP contribution < -0.4 is 4.74 Å². The van der Waals surface area contributed by atoms with Gasteiger partial charge in [-0.05, 0) is 30.2 Å². The molecule has 0 saturated heterocycles. The van der Waals surface area contributed by atoms with Crippen LogP contribution in [0.15, 0.2) is 35.6 Å². The standard InChI is InChI=1S/C20H22N4O2/c1-3-4-9-26-20-18-16-10-13(14-11-22-24(2)12-14)5-6-15(16)19(25)23-17(18)7-8-21-20/h5-8,10-11,14H,3-4,9,12H2,1-2H3,(H,23,25). The average molecular weight is 350 g/mol. The van der Waals surface area contributed by atoms with E-state index in [-0.39, 0.29) is 11.8 Å². The monoisotopic (exact) mass is 350 g/mol. The first-order chi connectivity index (χ1) is 12.7. The van der Waals surface area contributed by atoms with E-state index in [1.165, 1.54) is 0 Å². The van der Waals surface area contributed by atoms with Crippen LogP contribution in [0.1, 0.15) is 31.2 Å². The molecule has 0 spiro atoms. The number of hydrogen-bond donors (Lipinski definition) is 1. The zero-order valence-corrected chi connectivity index (χ0v) is 15.0. The maximum atomic E-state index is 10.4. The van der Waals surface area contributed by atoms with Crippen LogP contribution in [0.5, 0.6) is 11.8 Å². The number of pyridine rings is 2. The van der Waals surface area contributed by atoms with Crippen molar-refractivity contribution in [3.63, 3.8) is 0 Å². The van der Waals surface area contributed by atoms with Crippen LogP contribution in [0, 0.1) is 0 Å². The van der Waals surface area contributed by atoms with Gasteiger partial charge in [-0.15, -0.1) is 0 Å². The smallest absolute Gasteiger partial charge is 0.223 e. The first-order valence-corrected chi connectivity index (χ1v) is 8.96. The van der Waals surface area contributed by atoms with E-state index >= 15 is 0 Å². The molecule has 1 atom stereocenters. The third-order valence-corrected chi connectivity index (χ3v) is 4.74. The van der Waals surface area contributed by atoms with Crippen molar-refractivity contribution in [1.82, 2.24) is 15.0 Å². The fraction of sp³-hybridized carbons (Fsp3) is 0.350. The van der Waals surface area contributed by atoms with Crippen LogP contribution in [0.25, 0.3) is 21.7 Å². The molecular weight excluding hydrogens is 328 g/mol. The Kier molecular flexibility index (Phi) is 4.32. The molecule has 26 heavy (non-hydrogen) atoms. The number of unbranched alkanes of at least 4 members (excludes halogenated alkanes) is 1. The highest BCUT2D eigenvalue weighted by molar-refractivity contribution is 6.10. The van der Waals surface area contributed by atoms with Gasteiger partial charge in [0, 0.05) is 42.7 Å².